The molecule has 2 heterocycles. The summed E-state index contributed by atoms with van der Waals surface area (Å²) in [5, 5.41) is 7.11. The lowest BCUT2D eigenvalue weighted by molar-refractivity contribution is 0.631. The van der Waals surface area contributed by atoms with Crippen molar-refractivity contribution in [3.05, 3.63) is 16.9 Å². The van der Waals surface area contributed by atoms with E-state index in [0.717, 1.165) is 18.7 Å². The van der Waals surface area contributed by atoms with Crippen molar-refractivity contribution in [3.8, 4) is 0 Å². The number of anilines is 1. The smallest absolute Gasteiger partial charge is 0.224 e. The highest BCUT2D eigenvalue weighted by Gasteiger charge is 2.13. The molecular weight excluding hydrogens is 247 g/mol. The molecule has 1 aliphatic heterocycles. The summed E-state index contributed by atoms with van der Waals surface area (Å²) in [5.74, 6) is 0.610. The molecule has 0 spiro atoms. The molecule has 4 nitrogen and oxygen atoms in total. The Labute approximate surface area is 107 Å². The first-order valence-corrected chi connectivity index (χ1v) is 5.60. The van der Waals surface area contributed by atoms with Gasteiger partial charge in [-0.25, -0.2) is 9.97 Å². The van der Waals surface area contributed by atoms with Crippen LogP contribution in [0.3, 0.4) is 0 Å². The van der Waals surface area contributed by atoms with Crippen LogP contribution in [0.5, 0.6) is 0 Å². The third-order valence-corrected chi connectivity index (χ3v) is 2.96. The standard InChI is InChI=1S/C10H15ClN4.ClH/c1-7-5-13-10(15-9(7)11)14-6-8-3-2-4-12-8;/h5,8,12H,2-4,6H2,1H3,(H,13,14,15);1H. The maximum Gasteiger partial charge on any atom is 0.224 e. The van der Waals surface area contributed by atoms with E-state index in [9.17, 15) is 0 Å². The van der Waals surface area contributed by atoms with Gasteiger partial charge in [0.05, 0.1) is 0 Å². The summed E-state index contributed by atoms with van der Waals surface area (Å²) in [6, 6.07) is 0.536. The van der Waals surface area contributed by atoms with Gasteiger partial charge in [-0.05, 0) is 26.3 Å². The van der Waals surface area contributed by atoms with Crippen molar-refractivity contribution >= 4 is 30.0 Å². The first-order valence-electron chi connectivity index (χ1n) is 5.22. The number of rotatable bonds is 3. The number of hydrogen-bond donors (Lipinski definition) is 2. The fourth-order valence-corrected chi connectivity index (χ4v) is 1.78. The monoisotopic (exact) mass is 262 g/mol. The summed E-state index contributed by atoms with van der Waals surface area (Å²) < 4.78 is 0. The van der Waals surface area contributed by atoms with E-state index >= 15 is 0 Å². The zero-order valence-electron chi connectivity index (χ0n) is 9.16. The minimum Gasteiger partial charge on any atom is -0.353 e. The van der Waals surface area contributed by atoms with Crippen LogP contribution in [-0.4, -0.2) is 29.1 Å². The average Bonchev–Trinajstić information content (AvgIpc) is 2.73. The molecule has 0 radical (unpaired) electrons. The Balaban J connectivity index is 0.00000128. The molecule has 2 rings (SSSR count). The topological polar surface area (TPSA) is 49.8 Å². The van der Waals surface area contributed by atoms with Gasteiger partial charge < -0.3 is 10.6 Å². The maximum absolute atomic E-state index is 5.90. The van der Waals surface area contributed by atoms with E-state index in [1.54, 1.807) is 6.20 Å². The van der Waals surface area contributed by atoms with Crippen LogP contribution in [0.4, 0.5) is 5.95 Å². The lowest BCUT2D eigenvalue weighted by atomic mass is 10.2. The molecule has 0 aromatic carbocycles. The maximum atomic E-state index is 5.90. The molecular formula is C10H16Cl2N4. The zero-order valence-corrected chi connectivity index (χ0v) is 10.7. The summed E-state index contributed by atoms with van der Waals surface area (Å²) in [6.45, 7) is 3.87. The van der Waals surface area contributed by atoms with Crippen molar-refractivity contribution in [1.29, 1.82) is 0 Å². The van der Waals surface area contributed by atoms with Crippen molar-refractivity contribution in [2.24, 2.45) is 0 Å². The summed E-state index contributed by atoms with van der Waals surface area (Å²) in [5.41, 5.74) is 0.904. The second kappa shape index (κ2) is 6.23. The SMILES string of the molecule is Cc1cnc(NCC2CCCN2)nc1Cl.Cl. The van der Waals surface area contributed by atoms with E-state index in [4.69, 9.17) is 11.6 Å². The van der Waals surface area contributed by atoms with Crippen LogP contribution >= 0.6 is 24.0 Å². The Morgan fingerprint density at radius 2 is 2.44 bits per heavy atom. The van der Waals surface area contributed by atoms with Crippen LogP contribution in [-0.2, 0) is 0 Å². The van der Waals surface area contributed by atoms with Gasteiger partial charge in [-0.3, -0.25) is 0 Å². The molecule has 1 atom stereocenters. The second-order valence-corrected chi connectivity index (χ2v) is 4.20. The number of halogens is 2. The molecule has 2 N–H and O–H groups in total. The number of hydrogen-bond acceptors (Lipinski definition) is 4. The van der Waals surface area contributed by atoms with Gasteiger partial charge in [0.1, 0.15) is 5.15 Å². The van der Waals surface area contributed by atoms with Gasteiger partial charge in [0.25, 0.3) is 0 Å². The lowest BCUT2D eigenvalue weighted by Crippen LogP contribution is -2.29. The largest absolute Gasteiger partial charge is 0.353 e. The number of nitrogens with zero attached hydrogens (tertiary/aromatic N) is 2. The van der Waals surface area contributed by atoms with Gasteiger partial charge in [0, 0.05) is 24.3 Å². The normalized spacial score (nSPS) is 19.2. The molecule has 1 aromatic rings. The number of nitrogens with one attached hydrogen (secondary N) is 2. The molecule has 1 aliphatic rings. The number of aryl methyl sites for hydroxylation is 1. The Hall–Kier alpha value is -0.580. The molecule has 1 unspecified atom stereocenters. The molecule has 0 aliphatic carbocycles. The quantitative estimate of drug-likeness (QED) is 0.819. The van der Waals surface area contributed by atoms with Crippen LogP contribution < -0.4 is 10.6 Å². The third kappa shape index (κ3) is 3.47. The van der Waals surface area contributed by atoms with Crippen molar-refractivity contribution in [2.45, 2.75) is 25.8 Å². The Morgan fingerprint density at radius 3 is 3.06 bits per heavy atom. The van der Waals surface area contributed by atoms with Crippen LogP contribution in [0.2, 0.25) is 5.15 Å². The second-order valence-electron chi connectivity index (χ2n) is 3.84. The fourth-order valence-electron chi connectivity index (χ4n) is 1.65. The van der Waals surface area contributed by atoms with E-state index < -0.39 is 0 Å². The van der Waals surface area contributed by atoms with Crippen molar-refractivity contribution < 1.29 is 0 Å². The number of aromatic nitrogens is 2. The third-order valence-electron chi connectivity index (χ3n) is 2.58. The highest BCUT2D eigenvalue weighted by molar-refractivity contribution is 6.30. The minimum absolute atomic E-state index is 0. The van der Waals surface area contributed by atoms with E-state index in [-0.39, 0.29) is 12.4 Å². The molecule has 6 heteroatoms. The van der Waals surface area contributed by atoms with E-state index in [2.05, 4.69) is 20.6 Å². The predicted octanol–water partition coefficient (Wildman–Crippen LogP) is 2.02. The zero-order chi connectivity index (χ0) is 10.7. The summed E-state index contributed by atoms with van der Waals surface area (Å²) in [4.78, 5) is 8.31. The van der Waals surface area contributed by atoms with Crippen LogP contribution in [0.25, 0.3) is 0 Å². The van der Waals surface area contributed by atoms with Gasteiger partial charge in [-0.15, -0.1) is 12.4 Å². The van der Waals surface area contributed by atoms with E-state index in [1.165, 1.54) is 12.8 Å². The first-order chi connectivity index (χ1) is 7.25. The van der Waals surface area contributed by atoms with Gasteiger partial charge in [-0.1, -0.05) is 11.6 Å². The van der Waals surface area contributed by atoms with Gasteiger partial charge in [0.2, 0.25) is 5.95 Å². The van der Waals surface area contributed by atoms with Crippen molar-refractivity contribution in [2.75, 3.05) is 18.4 Å². The van der Waals surface area contributed by atoms with E-state index in [1.807, 2.05) is 6.92 Å². The average molecular weight is 263 g/mol. The summed E-state index contributed by atoms with van der Waals surface area (Å²) in [6.07, 6.45) is 4.20. The Morgan fingerprint density at radius 1 is 1.62 bits per heavy atom. The molecule has 0 saturated carbocycles. The van der Waals surface area contributed by atoms with Crippen molar-refractivity contribution in [3.63, 3.8) is 0 Å². The molecule has 90 valence electrons. The molecule has 1 fully saturated rings. The highest BCUT2D eigenvalue weighted by atomic mass is 35.5. The predicted molar refractivity (Wildman–Crippen MR) is 68.5 cm³/mol. The molecule has 1 saturated heterocycles. The molecule has 1 aromatic heterocycles. The van der Waals surface area contributed by atoms with E-state index in [0.29, 0.717) is 17.1 Å². The fraction of sp³-hybridized carbons (Fsp3) is 0.600. The van der Waals surface area contributed by atoms with Crippen molar-refractivity contribution in [1.82, 2.24) is 15.3 Å². The molecule has 0 amide bonds. The lowest BCUT2D eigenvalue weighted by Gasteiger charge is -2.11. The Bertz CT molecular complexity index is 340. The van der Waals surface area contributed by atoms with Crippen LogP contribution in [0, 0.1) is 6.92 Å². The van der Waals surface area contributed by atoms with Gasteiger partial charge >= 0.3 is 0 Å². The summed E-state index contributed by atoms with van der Waals surface area (Å²) in [7, 11) is 0. The minimum atomic E-state index is 0. The molecule has 0 bridgehead atoms. The molecule has 16 heavy (non-hydrogen) atoms. The first kappa shape index (κ1) is 13.5. The Kier molecular flexibility index (Phi) is 5.25. The van der Waals surface area contributed by atoms with Crippen LogP contribution in [0.1, 0.15) is 18.4 Å². The van der Waals surface area contributed by atoms with Gasteiger partial charge in [-0.2, -0.15) is 0 Å². The van der Waals surface area contributed by atoms with Crippen LogP contribution in [0.15, 0.2) is 6.20 Å². The van der Waals surface area contributed by atoms with Gasteiger partial charge in [0.15, 0.2) is 0 Å². The highest BCUT2D eigenvalue weighted by Crippen LogP contribution is 2.12. The summed E-state index contributed by atoms with van der Waals surface area (Å²) >= 11 is 5.90.